The lowest BCUT2D eigenvalue weighted by molar-refractivity contribution is -0.119. The van der Waals surface area contributed by atoms with Gasteiger partial charge in [0.05, 0.1) is 10.0 Å². The number of hydrogen-bond donors (Lipinski definition) is 1. The van der Waals surface area contributed by atoms with Crippen LogP contribution in [0.2, 0.25) is 5.02 Å². The third kappa shape index (κ3) is 4.25. The van der Waals surface area contributed by atoms with Crippen molar-refractivity contribution >= 4 is 34.5 Å². The summed E-state index contributed by atoms with van der Waals surface area (Å²) >= 11 is 7.29. The van der Waals surface area contributed by atoms with Crippen molar-refractivity contribution in [2.75, 3.05) is 5.32 Å². The fraction of sp³-hybridized carbons (Fsp3) is 0.333. The molecule has 0 spiro atoms. The Kier molecular flexibility index (Phi) is 5.31. The maximum absolute atomic E-state index is 13.1. The third-order valence-electron chi connectivity index (χ3n) is 3.21. The second-order valence-electron chi connectivity index (χ2n) is 5.03. The standard InChI is InChI=1S/C15H16ClFN2OS/c1-9(7-10(2)15-18-5-6-21-15)14(20)19-11-3-4-13(17)12(16)8-11/h3-6,8-10H,7H2,1-2H3,(H,19,20)/t9-,10+/m1/s1. The summed E-state index contributed by atoms with van der Waals surface area (Å²) in [6.45, 7) is 3.92. The van der Waals surface area contributed by atoms with Gasteiger partial charge < -0.3 is 5.32 Å². The summed E-state index contributed by atoms with van der Waals surface area (Å²) < 4.78 is 13.1. The molecule has 1 amide bonds. The van der Waals surface area contributed by atoms with Crippen LogP contribution in [-0.2, 0) is 4.79 Å². The molecule has 0 bridgehead atoms. The van der Waals surface area contributed by atoms with Crippen molar-refractivity contribution in [3.8, 4) is 0 Å². The van der Waals surface area contributed by atoms with Crippen LogP contribution >= 0.6 is 22.9 Å². The van der Waals surface area contributed by atoms with Gasteiger partial charge in [0.2, 0.25) is 5.91 Å². The highest BCUT2D eigenvalue weighted by Gasteiger charge is 2.19. The molecule has 2 rings (SSSR count). The van der Waals surface area contributed by atoms with Gasteiger partial charge in [0, 0.05) is 29.1 Å². The SMILES string of the molecule is C[C@H](C[C@H](C)c1nccs1)C(=O)Nc1ccc(F)c(Cl)c1. The molecular weight excluding hydrogens is 311 g/mol. The van der Waals surface area contributed by atoms with E-state index >= 15 is 0 Å². The number of benzene rings is 1. The van der Waals surface area contributed by atoms with Crippen molar-refractivity contribution in [2.45, 2.75) is 26.2 Å². The largest absolute Gasteiger partial charge is 0.326 e. The Bertz CT molecular complexity index is 618. The number of halogens is 2. The number of rotatable bonds is 5. The first-order valence-electron chi connectivity index (χ1n) is 6.62. The first kappa shape index (κ1) is 15.9. The van der Waals surface area contributed by atoms with Crippen LogP contribution in [0.1, 0.15) is 31.2 Å². The summed E-state index contributed by atoms with van der Waals surface area (Å²) in [5.74, 6) is -0.559. The van der Waals surface area contributed by atoms with Crippen LogP contribution in [0.5, 0.6) is 0 Å². The molecule has 2 aromatic rings. The zero-order valence-electron chi connectivity index (χ0n) is 11.8. The Morgan fingerprint density at radius 1 is 1.48 bits per heavy atom. The summed E-state index contributed by atoms with van der Waals surface area (Å²) in [5, 5.41) is 5.71. The Morgan fingerprint density at radius 2 is 2.24 bits per heavy atom. The van der Waals surface area contributed by atoms with Crippen LogP contribution in [0.15, 0.2) is 29.8 Å². The van der Waals surface area contributed by atoms with E-state index in [9.17, 15) is 9.18 Å². The normalized spacial score (nSPS) is 13.7. The van der Waals surface area contributed by atoms with Crippen molar-refractivity contribution in [2.24, 2.45) is 5.92 Å². The first-order valence-corrected chi connectivity index (χ1v) is 7.88. The quantitative estimate of drug-likeness (QED) is 0.865. The smallest absolute Gasteiger partial charge is 0.227 e. The van der Waals surface area contributed by atoms with Crippen LogP contribution in [0.4, 0.5) is 10.1 Å². The van der Waals surface area contributed by atoms with E-state index in [4.69, 9.17) is 11.6 Å². The maximum Gasteiger partial charge on any atom is 0.227 e. The number of carbonyl (C=O) groups is 1. The molecule has 0 unspecified atom stereocenters. The molecule has 1 aromatic carbocycles. The lowest BCUT2D eigenvalue weighted by Crippen LogP contribution is -2.21. The average Bonchev–Trinajstić information content (AvgIpc) is 2.97. The molecule has 0 saturated heterocycles. The summed E-state index contributed by atoms with van der Waals surface area (Å²) in [4.78, 5) is 16.4. The molecule has 112 valence electrons. The topological polar surface area (TPSA) is 42.0 Å². The predicted molar refractivity (Wildman–Crippen MR) is 84.3 cm³/mol. The number of anilines is 1. The Morgan fingerprint density at radius 3 is 2.86 bits per heavy atom. The monoisotopic (exact) mass is 326 g/mol. The fourth-order valence-corrected chi connectivity index (χ4v) is 2.95. The maximum atomic E-state index is 13.1. The summed E-state index contributed by atoms with van der Waals surface area (Å²) in [5.41, 5.74) is 0.500. The molecule has 0 aliphatic heterocycles. The number of hydrogen-bond acceptors (Lipinski definition) is 3. The van der Waals surface area contributed by atoms with Gasteiger partial charge in [-0.3, -0.25) is 4.79 Å². The molecule has 21 heavy (non-hydrogen) atoms. The molecule has 1 heterocycles. The molecule has 1 N–H and O–H groups in total. The van der Waals surface area contributed by atoms with E-state index in [1.54, 1.807) is 17.5 Å². The molecule has 1 aromatic heterocycles. The van der Waals surface area contributed by atoms with Crippen molar-refractivity contribution in [1.29, 1.82) is 0 Å². The minimum atomic E-state index is -0.500. The van der Waals surface area contributed by atoms with E-state index in [2.05, 4.69) is 17.2 Å². The van der Waals surface area contributed by atoms with Gasteiger partial charge in [0.15, 0.2) is 0 Å². The van der Waals surface area contributed by atoms with Gasteiger partial charge in [0.25, 0.3) is 0 Å². The molecule has 6 heteroatoms. The molecule has 2 atom stereocenters. The summed E-state index contributed by atoms with van der Waals surface area (Å²) in [6, 6.07) is 4.14. The second-order valence-corrected chi connectivity index (χ2v) is 6.36. The van der Waals surface area contributed by atoms with Gasteiger partial charge in [0.1, 0.15) is 5.82 Å². The third-order valence-corrected chi connectivity index (χ3v) is 4.51. The molecule has 0 fully saturated rings. The van der Waals surface area contributed by atoms with E-state index in [-0.39, 0.29) is 22.8 Å². The summed E-state index contributed by atoms with van der Waals surface area (Å²) in [6.07, 6.45) is 2.47. The predicted octanol–water partition coefficient (Wildman–Crippen LogP) is 4.70. The summed E-state index contributed by atoms with van der Waals surface area (Å²) in [7, 11) is 0. The Balaban J connectivity index is 1.94. The molecular formula is C15H16ClFN2OS. The minimum absolute atomic E-state index is 0.00314. The van der Waals surface area contributed by atoms with Crippen molar-refractivity contribution < 1.29 is 9.18 Å². The molecule has 0 radical (unpaired) electrons. The highest BCUT2D eigenvalue weighted by atomic mass is 35.5. The lowest BCUT2D eigenvalue weighted by atomic mass is 9.97. The van der Waals surface area contributed by atoms with Gasteiger partial charge >= 0.3 is 0 Å². The molecule has 0 saturated carbocycles. The lowest BCUT2D eigenvalue weighted by Gasteiger charge is -2.15. The molecule has 0 aliphatic carbocycles. The van der Waals surface area contributed by atoms with Gasteiger partial charge in [-0.2, -0.15) is 0 Å². The van der Waals surface area contributed by atoms with E-state index in [0.29, 0.717) is 12.1 Å². The number of nitrogens with zero attached hydrogens (tertiary/aromatic N) is 1. The van der Waals surface area contributed by atoms with Crippen molar-refractivity contribution in [1.82, 2.24) is 4.98 Å². The minimum Gasteiger partial charge on any atom is -0.326 e. The van der Waals surface area contributed by atoms with Gasteiger partial charge in [-0.25, -0.2) is 9.37 Å². The first-order chi connectivity index (χ1) is 9.97. The van der Waals surface area contributed by atoms with Crippen LogP contribution in [0, 0.1) is 11.7 Å². The average molecular weight is 327 g/mol. The zero-order chi connectivity index (χ0) is 15.4. The fourth-order valence-electron chi connectivity index (χ4n) is 2.06. The van der Waals surface area contributed by atoms with Crippen LogP contribution in [-0.4, -0.2) is 10.9 Å². The number of aromatic nitrogens is 1. The highest BCUT2D eigenvalue weighted by Crippen LogP contribution is 2.26. The zero-order valence-corrected chi connectivity index (χ0v) is 13.3. The van der Waals surface area contributed by atoms with Gasteiger partial charge in [-0.1, -0.05) is 25.4 Å². The van der Waals surface area contributed by atoms with E-state index in [1.807, 2.05) is 12.3 Å². The van der Waals surface area contributed by atoms with Crippen molar-refractivity contribution in [3.63, 3.8) is 0 Å². The Labute approximate surface area is 132 Å². The van der Waals surface area contributed by atoms with Gasteiger partial charge in [-0.15, -0.1) is 11.3 Å². The van der Waals surface area contributed by atoms with Gasteiger partial charge in [-0.05, 0) is 24.6 Å². The van der Waals surface area contributed by atoms with E-state index in [1.165, 1.54) is 18.2 Å². The van der Waals surface area contributed by atoms with Crippen LogP contribution in [0.3, 0.4) is 0 Å². The highest BCUT2D eigenvalue weighted by molar-refractivity contribution is 7.09. The van der Waals surface area contributed by atoms with E-state index < -0.39 is 5.82 Å². The van der Waals surface area contributed by atoms with E-state index in [0.717, 1.165) is 5.01 Å². The van der Waals surface area contributed by atoms with Crippen LogP contribution < -0.4 is 5.32 Å². The molecule has 0 aliphatic rings. The number of carbonyl (C=O) groups excluding carboxylic acids is 1. The number of nitrogens with one attached hydrogen (secondary N) is 1. The number of thiazole rings is 1. The second kappa shape index (κ2) is 7.00. The van der Waals surface area contributed by atoms with Crippen molar-refractivity contribution in [3.05, 3.63) is 45.6 Å². The van der Waals surface area contributed by atoms with Crippen LogP contribution in [0.25, 0.3) is 0 Å². The molecule has 3 nitrogen and oxygen atoms in total. The Hall–Kier alpha value is -1.46. The number of amides is 1.